The highest BCUT2D eigenvalue weighted by Gasteiger charge is 2.05. The van der Waals surface area contributed by atoms with Crippen LogP contribution in [0.2, 0.25) is 0 Å². The van der Waals surface area contributed by atoms with Crippen LogP contribution in [0.15, 0.2) is 59.2 Å². The largest absolute Gasteiger partial charge is 0.497 e. The molecule has 94 valence electrons. The second kappa shape index (κ2) is 4.94. The molecule has 0 bridgehead atoms. The molecule has 2 aromatic heterocycles. The lowest BCUT2D eigenvalue weighted by molar-refractivity contribution is 0.415. The van der Waals surface area contributed by atoms with Gasteiger partial charge in [0.1, 0.15) is 11.4 Å². The summed E-state index contributed by atoms with van der Waals surface area (Å²) in [7, 11) is 1.65. The Bertz CT molecular complexity index is 644. The summed E-state index contributed by atoms with van der Waals surface area (Å²) in [4.78, 5) is 0. The number of aromatic nitrogens is 2. The first kappa shape index (κ1) is 11.5. The summed E-state index contributed by atoms with van der Waals surface area (Å²) in [5, 5.41) is 8.37. The minimum atomic E-state index is 0.716. The first-order chi connectivity index (χ1) is 9.36. The Morgan fingerprint density at radius 1 is 0.895 bits per heavy atom. The Labute approximate surface area is 110 Å². The van der Waals surface area contributed by atoms with Crippen LogP contribution in [0.25, 0.3) is 22.7 Å². The molecule has 2 heterocycles. The van der Waals surface area contributed by atoms with Crippen molar-refractivity contribution < 1.29 is 9.15 Å². The third-order valence-electron chi connectivity index (χ3n) is 2.82. The highest BCUT2D eigenvalue weighted by molar-refractivity contribution is 5.61. The van der Waals surface area contributed by atoms with Crippen molar-refractivity contribution in [3.05, 3.63) is 54.8 Å². The first-order valence-corrected chi connectivity index (χ1v) is 5.89. The number of methoxy groups -OCH3 is 1. The molecule has 0 amide bonds. The lowest BCUT2D eigenvalue weighted by Crippen LogP contribution is -1.90. The normalized spacial score (nSPS) is 10.4. The Morgan fingerprint density at radius 3 is 2.21 bits per heavy atom. The topological polar surface area (TPSA) is 48.2 Å². The molecule has 19 heavy (non-hydrogen) atoms. The molecule has 0 aliphatic rings. The second-order valence-electron chi connectivity index (χ2n) is 4.01. The predicted molar refractivity (Wildman–Crippen MR) is 71.7 cm³/mol. The van der Waals surface area contributed by atoms with E-state index >= 15 is 0 Å². The van der Waals surface area contributed by atoms with Gasteiger partial charge in [-0.3, -0.25) is 0 Å². The predicted octanol–water partition coefficient (Wildman–Crippen LogP) is 3.41. The maximum atomic E-state index is 5.28. The van der Waals surface area contributed by atoms with E-state index in [1.54, 1.807) is 13.4 Å². The summed E-state index contributed by atoms with van der Waals surface area (Å²) in [6, 6.07) is 15.2. The van der Waals surface area contributed by atoms with Crippen LogP contribution in [0.5, 0.6) is 5.75 Å². The van der Waals surface area contributed by atoms with E-state index in [1.165, 1.54) is 0 Å². The Hall–Kier alpha value is -2.62. The van der Waals surface area contributed by atoms with Gasteiger partial charge in [0.15, 0.2) is 5.76 Å². The van der Waals surface area contributed by atoms with Gasteiger partial charge in [-0.15, -0.1) is 10.2 Å². The van der Waals surface area contributed by atoms with E-state index in [1.807, 2.05) is 48.5 Å². The number of ether oxygens (including phenoxy) is 1. The van der Waals surface area contributed by atoms with Crippen LogP contribution in [0, 0.1) is 0 Å². The van der Waals surface area contributed by atoms with Gasteiger partial charge in [0.05, 0.1) is 19.1 Å². The fraction of sp³-hybridized carbons (Fsp3) is 0.0667. The zero-order valence-electron chi connectivity index (χ0n) is 10.4. The molecule has 0 saturated heterocycles. The maximum absolute atomic E-state index is 5.28. The average molecular weight is 252 g/mol. The van der Waals surface area contributed by atoms with E-state index in [-0.39, 0.29) is 0 Å². The first-order valence-electron chi connectivity index (χ1n) is 5.89. The SMILES string of the molecule is COc1ccc(-c2ccc(-c3ccco3)nn2)cc1. The van der Waals surface area contributed by atoms with Crippen molar-refractivity contribution in [2.75, 3.05) is 7.11 Å². The van der Waals surface area contributed by atoms with Gasteiger partial charge in [0.25, 0.3) is 0 Å². The minimum absolute atomic E-state index is 0.716. The fourth-order valence-electron chi connectivity index (χ4n) is 1.80. The number of hydrogen-bond donors (Lipinski definition) is 0. The molecular weight excluding hydrogens is 240 g/mol. The molecule has 0 fully saturated rings. The Kier molecular flexibility index (Phi) is 2.98. The number of hydrogen-bond acceptors (Lipinski definition) is 4. The van der Waals surface area contributed by atoms with Crippen molar-refractivity contribution in [1.29, 1.82) is 0 Å². The van der Waals surface area contributed by atoms with Crippen molar-refractivity contribution in [1.82, 2.24) is 10.2 Å². The van der Waals surface area contributed by atoms with Crippen LogP contribution in [0.4, 0.5) is 0 Å². The molecule has 3 aromatic rings. The molecule has 0 unspecified atom stereocenters. The Balaban J connectivity index is 1.89. The standard InChI is InChI=1S/C15H12N2O2/c1-18-12-6-4-11(5-7-12)13-8-9-14(17-16-13)15-3-2-10-19-15/h2-10H,1H3. The summed E-state index contributed by atoms with van der Waals surface area (Å²) in [5.41, 5.74) is 2.54. The number of rotatable bonds is 3. The zero-order valence-corrected chi connectivity index (χ0v) is 10.4. The molecule has 0 aliphatic heterocycles. The molecule has 0 aliphatic carbocycles. The van der Waals surface area contributed by atoms with Gasteiger partial charge in [-0.25, -0.2) is 0 Å². The smallest absolute Gasteiger partial charge is 0.154 e. The lowest BCUT2D eigenvalue weighted by Gasteiger charge is -2.03. The highest BCUT2D eigenvalue weighted by atomic mass is 16.5. The molecule has 0 spiro atoms. The molecule has 0 saturated carbocycles. The van der Waals surface area contributed by atoms with Crippen LogP contribution in [-0.4, -0.2) is 17.3 Å². The summed E-state index contributed by atoms with van der Waals surface area (Å²) in [5.74, 6) is 1.54. The van der Waals surface area contributed by atoms with Gasteiger partial charge in [0.2, 0.25) is 0 Å². The summed E-state index contributed by atoms with van der Waals surface area (Å²) in [6.45, 7) is 0. The van der Waals surface area contributed by atoms with Gasteiger partial charge in [-0.2, -0.15) is 0 Å². The third kappa shape index (κ3) is 2.33. The molecule has 4 nitrogen and oxygen atoms in total. The van der Waals surface area contributed by atoms with Crippen molar-refractivity contribution in [2.24, 2.45) is 0 Å². The van der Waals surface area contributed by atoms with Gasteiger partial charge in [-0.1, -0.05) is 0 Å². The quantitative estimate of drug-likeness (QED) is 0.716. The summed E-state index contributed by atoms with van der Waals surface area (Å²) >= 11 is 0. The van der Waals surface area contributed by atoms with E-state index in [0.717, 1.165) is 22.7 Å². The lowest BCUT2D eigenvalue weighted by atomic mass is 10.1. The van der Waals surface area contributed by atoms with Gasteiger partial charge >= 0.3 is 0 Å². The van der Waals surface area contributed by atoms with Crippen LogP contribution >= 0.6 is 0 Å². The number of benzene rings is 1. The van der Waals surface area contributed by atoms with Crippen LogP contribution in [-0.2, 0) is 0 Å². The van der Waals surface area contributed by atoms with E-state index in [4.69, 9.17) is 9.15 Å². The van der Waals surface area contributed by atoms with Crippen molar-refractivity contribution in [3.8, 4) is 28.5 Å². The molecule has 3 rings (SSSR count). The second-order valence-corrected chi connectivity index (χ2v) is 4.01. The van der Waals surface area contributed by atoms with Crippen LogP contribution < -0.4 is 4.74 Å². The van der Waals surface area contributed by atoms with Crippen molar-refractivity contribution in [3.63, 3.8) is 0 Å². The molecule has 4 heteroatoms. The van der Waals surface area contributed by atoms with Crippen molar-refractivity contribution in [2.45, 2.75) is 0 Å². The monoisotopic (exact) mass is 252 g/mol. The van der Waals surface area contributed by atoms with Crippen molar-refractivity contribution >= 4 is 0 Å². The molecule has 1 aromatic carbocycles. The average Bonchev–Trinajstić information content (AvgIpc) is 3.02. The van der Waals surface area contributed by atoms with E-state index in [0.29, 0.717) is 5.76 Å². The maximum Gasteiger partial charge on any atom is 0.154 e. The van der Waals surface area contributed by atoms with E-state index in [9.17, 15) is 0 Å². The third-order valence-corrected chi connectivity index (χ3v) is 2.82. The molecule has 0 N–H and O–H groups in total. The summed E-state index contributed by atoms with van der Waals surface area (Å²) in [6.07, 6.45) is 1.62. The van der Waals surface area contributed by atoms with Gasteiger partial charge < -0.3 is 9.15 Å². The van der Waals surface area contributed by atoms with E-state index in [2.05, 4.69) is 10.2 Å². The van der Waals surface area contributed by atoms with E-state index < -0.39 is 0 Å². The zero-order chi connectivity index (χ0) is 13.1. The summed E-state index contributed by atoms with van der Waals surface area (Å²) < 4.78 is 10.4. The van der Waals surface area contributed by atoms with Crippen LogP contribution in [0.3, 0.4) is 0 Å². The highest BCUT2D eigenvalue weighted by Crippen LogP contribution is 2.22. The number of furan rings is 1. The Morgan fingerprint density at radius 2 is 1.63 bits per heavy atom. The van der Waals surface area contributed by atoms with Gasteiger partial charge in [-0.05, 0) is 48.5 Å². The molecule has 0 atom stereocenters. The van der Waals surface area contributed by atoms with Gasteiger partial charge in [0, 0.05) is 5.56 Å². The molecular formula is C15H12N2O2. The fourth-order valence-corrected chi connectivity index (χ4v) is 1.80. The molecule has 0 radical (unpaired) electrons. The number of nitrogens with zero attached hydrogens (tertiary/aromatic N) is 2. The minimum Gasteiger partial charge on any atom is -0.497 e. The van der Waals surface area contributed by atoms with Crippen LogP contribution in [0.1, 0.15) is 0 Å².